The van der Waals surface area contributed by atoms with Crippen LogP contribution in [0.5, 0.6) is 0 Å². The zero-order valence-electron chi connectivity index (χ0n) is 14.6. The lowest BCUT2D eigenvalue weighted by molar-refractivity contribution is 0.430. The summed E-state index contributed by atoms with van der Waals surface area (Å²) >= 11 is 0. The zero-order chi connectivity index (χ0) is 18.2. The molecule has 27 heavy (non-hydrogen) atoms. The van der Waals surface area contributed by atoms with E-state index < -0.39 is 0 Å². The van der Waals surface area contributed by atoms with Gasteiger partial charge in [0.05, 0.1) is 5.69 Å². The third kappa shape index (κ3) is 2.77. The van der Waals surface area contributed by atoms with E-state index in [1.807, 2.05) is 79.7 Å². The van der Waals surface area contributed by atoms with Crippen LogP contribution in [0.3, 0.4) is 0 Å². The van der Waals surface area contributed by atoms with Crippen molar-refractivity contribution in [3.05, 3.63) is 78.5 Å². The molecule has 5 rings (SSSR count). The Morgan fingerprint density at radius 1 is 0.778 bits per heavy atom. The lowest BCUT2D eigenvalue weighted by atomic mass is 10.1. The van der Waals surface area contributed by atoms with Gasteiger partial charge < -0.3 is 4.52 Å². The second kappa shape index (κ2) is 6.17. The Hall–Kier alpha value is -3.80. The third-order valence-corrected chi connectivity index (χ3v) is 4.35. The van der Waals surface area contributed by atoms with Crippen LogP contribution in [-0.4, -0.2) is 24.7 Å². The van der Waals surface area contributed by atoms with E-state index in [4.69, 9.17) is 9.51 Å². The number of rotatable bonds is 3. The second-order valence-corrected chi connectivity index (χ2v) is 6.24. The van der Waals surface area contributed by atoms with Crippen LogP contribution in [-0.2, 0) is 0 Å². The van der Waals surface area contributed by atoms with Crippen LogP contribution < -0.4 is 0 Å². The molecule has 0 atom stereocenters. The van der Waals surface area contributed by atoms with Crippen molar-refractivity contribution in [2.75, 3.05) is 0 Å². The zero-order valence-corrected chi connectivity index (χ0v) is 14.6. The molecular weight excluding hydrogens is 338 g/mol. The van der Waals surface area contributed by atoms with E-state index in [-0.39, 0.29) is 0 Å². The van der Waals surface area contributed by atoms with Gasteiger partial charge in [0.15, 0.2) is 11.3 Å². The first-order valence-corrected chi connectivity index (χ1v) is 8.60. The van der Waals surface area contributed by atoms with Gasteiger partial charge in [0.2, 0.25) is 5.82 Å². The van der Waals surface area contributed by atoms with Crippen LogP contribution in [0.15, 0.2) is 77.3 Å². The average molecular weight is 353 g/mol. The summed E-state index contributed by atoms with van der Waals surface area (Å²) in [5, 5.41) is 8.65. The van der Waals surface area contributed by atoms with Gasteiger partial charge in [0.1, 0.15) is 0 Å². The SMILES string of the molecule is Cc1cc(-c2ccccc2)nc2cc(-c3nc(-c4ccccc4)no3)nn12. The first kappa shape index (κ1) is 15.5. The van der Waals surface area contributed by atoms with Crippen molar-refractivity contribution in [1.82, 2.24) is 24.7 Å². The molecule has 0 fully saturated rings. The van der Waals surface area contributed by atoms with Gasteiger partial charge in [0, 0.05) is 22.9 Å². The Morgan fingerprint density at radius 3 is 2.22 bits per heavy atom. The molecule has 6 nitrogen and oxygen atoms in total. The maximum absolute atomic E-state index is 5.42. The van der Waals surface area contributed by atoms with Crippen molar-refractivity contribution in [2.24, 2.45) is 0 Å². The van der Waals surface area contributed by atoms with Gasteiger partial charge in [-0.2, -0.15) is 10.1 Å². The van der Waals surface area contributed by atoms with Crippen LogP contribution in [0.4, 0.5) is 0 Å². The summed E-state index contributed by atoms with van der Waals surface area (Å²) in [4.78, 5) is 9.20. The molecule has 0 bridgehead atoms. The van der Waals surface area contributed by atoms with Crippen molar-refractivity contribution in [2.45, 2.75) is 6.92 Å². The number of nitrogens with zero attached hydrogens (tertiary/aromatic N) is 5. The Labute approximate surface area is 155 Å². The van der Waals surface area contributed by atoms with Crippen molar-refractivity contribution in [3.8, 4) is 34.2 Å². The summed E-state index contributed by atoms with van der Waals surface area (Å²) in [6, 6.07) is 23.7. The summed E-state index contributed by atoms with van der Waals surface area (Å²) in [5.74, 6) is 0.914. The van der Waals surface area contributed by atoms with E-state index in [0.717, 1.165) is 28.2 Å². The van der Waals surface area contributed by atoms with Crippen LogP contribution in [0.25, 0.3) is 39.9 Å². The molecule has 0 saturated heterocycles. The second-order valence-electron chi connectivity index (χ2n) is 6.24. The van der Waals surface area contributed by atoms with E-state index in [9.17, 15) is 0 Å². The standard InChI is InChI=1S/C21H15N5O/c1-14-12-17(15-8-4-2-5-9-15)22-19-13-18(24-26(14)19)21-23-20(25-27-21)16-10-6-3-7-11-16/h2-13H,1H3. The van der Waals surface area contributed by atoms with Gasteiger partial charge >= 0.3 is 0 Å². The first-order chi connectivity index (χ1) is 13.3. The van der Waals surface area contributed by atoms with Crippen LogP contribution >= 0.6 is 0 Å². The summed E-state index contributed by atoms with van der Waals surface area (Å²) in [5.41, 5.74) is 5.19. The number of aryl methyl sites for hydroxylation is 1. The van der Waals surface area contributed by atoms with Crippen molar-refractivity contribution in [1.29, 1.82) is 0 Å². The molecule has 0 aliphatic heterocycles. The lowest BCUT2D eigenvalue weighted by Gasteiger charge is -2.04. The van der Waals surface area contributed by atoms with Crippen LogP contribution in [0.2, 0.25) is 0 Å². The highest BCUT2D eigenvalue weighted by molar-refractivity contribution is 5.65. The highest BCUT2D eigenvalue weighted by Gasteiger charge is 2.16. The molecule has 3 heterocycles. The largest absolute Gasteiger partial charge is 0.332 e. The highest BCUT2D eigenvalue weighted by atomic mass is 16.5. The van der Waals surface area contributed by atoms with Gasteiger partial charge in [-0.05, 0) is 13.0 Å². The molecule has 6 heteroatoms. The molecule has 0 spiro atoms. The quantitative estimate of drug-likeness (QED) is 0.480. The smallest absolute Gasteiger partial charge is 0.278 e. The minimum absolute atomic E-state index is 0.375. The number of fused-ring (bicyclic) bond motifs is 1. The maximum atomic E-state index is 5.42. The normalized spacial score (nSPS) is 11.1. The van der Waals surface area contributed by atoms with Crippen molar-refractivity contribution in [3.63, 3.8) is 0 Å². The molecule has 5 aromatic rings. The molecule has 2 aromatic carbocycles. The Bertz CT molecular complexity index is 1230. The molecule has 0 amide bonds. The van der Waals surface area contributed by atoms with Gasteiger partial charge in [-0.25, -0.2) is 9.50 Å². The van der Waals surface area contributed by atoms with Crippen LogP contribution in [0.1, 0.15) is 5.69 Å². The number of benzene rings is 2. The first-order valence-electron chi connectivity index (χ1n) is 8.60. The minimum atomic E-state index is 0.375. The van der Waals surface area contributed by atoms with E-state index in [1.54, 1.807) is 4.52 Å². The number of hydrogen-bond acceptors (Lipinski definition) is 5. The van der Waals surface area contributed by atoms with Crippen molar-refractivity contribution < 1.29 is 4.52 Å². The average Bonchev–Trinajstić information content (AvgIpc) is 3.37. The van der Waals surface area contributed by atoms with Crippen LogP contribution in [0, 0.1) is 6.92 Å². The predicted octanol–water partition coefficient (Wildman–Crippen LogP) is 4.42. The molecular formula is C21H15N5O. The van der Waals surface area contributed by atoms with Crippen molar-refractivity contribution >= 4 is 5.65 Å². The van der Waals surface area contributed by atoms with Gasteiger partial charge in [-0.3, -0.25) is 0 Å². The Morgan fingerprint density at radius 2 is 1.48 bits per heavy atom. The summed E-state index contributed by atoms with van der Waals surface area (Å²) in [7, 11) is 0. The highest BCUT2D eigenvalue weighted by Crippen LogP contribution is 2.24. The molecule has 3 aromatic heterocycles. The molecule has 0 saturated carbocycles. The summed E-state index contributed by atoms with van der Waals surface area (Å²) in [6.07, 6.45) is 0. The molecule has 0 radical (unpaired) electrons. The third-order valence-electron chi connectivity index (χ3n) is 4.35. The van der Waals surface area contributed by atoms with Gasteiger partial charge in [-0.15, -0.1) is 0 Å². The Kier molecular flexibility index (Phi) is 3.53. The molecule has 0 unspecified atom stereocenters. The fraction of sp³-hybridized carbons (Fsp3) is 0.0476. The van der Waals surface area contributed by atoms with E-state index in [0.29, 0.717) is 17.4 Å². The van der Waals surface area contributed by atoms with E-state index >= 15 is 0 Å². The summed E-state index contributed by atoms with van der Waals surface area (Å²) in [6.45, 7) is 2.00. The predicted molar refractivity (Wildman–Crippen MR) is 102 cm³/mol. The van der Waals surface area contributed by atoms with E-state index in [2.05, 4.69) is 15.2 Å². The minimum Gasteiger partial charge on any atom is -0.332 e. The van der Waals surface area contributed by atoms with Gasteiger partial charge in [-0.1, -0.05) is 65.8 Å². The molecule has 0 aliphatic rings. The fourth-order valence-electron chi connectivity index (χ4n) is 3.02. The Balaban J connectivity index is 1.57. The fourth-order valence-corrected chi connectivity index (χ4v) is 3.02. The summed E-state index contributed by atoms with van der Waals surface area (Å²) < 4.78 is 7.21. The monoisotopic (exact) mass is 353 g/mol. The lowest BCUT2D eigenvalue weighted by Crippen LogP contribution is -1.97. The molecule has 0 aliphatic carbocycles. The number of hydrogen-bond donors (Lipinski definition) is 0. The van der Waals surface area contributed by atoms with Gasteiger partial charge in [0.25, 0.3) is 5.89 Å². The topological polar surface area (TPSA) is 69.1 Å². The molecule has 0 N–H and O–H groups in total. The van der Waals surface area contributed by atoms with E-state index in [1.165, 1.54) is 0 Å². The number of aromatic nitrogens is 5. The maximum Gasteiger partial charge on any atom is 0.278 e. The molecule has 130 valence electrons.